The predicted octanol–water partition coefficient (Wildman–Crippen LogP) is 3.11. The number of carbonyl (C=O) groups excluding carboxylic acids is 1. The van der Waals surface area contributed by atoms with Gasteiger partial charge < -0.3 is 9.47 Å². The molecule has 0 radical (unpaired) electrons. The maximum atomic E-state index is 12.3. The lowest BCUT2D eigenvalue weighted by molar-refractivity contribution is 0.103. The highest BCUT2D eigenvalue weighted by Gasteiger charge is 2.13. The number of aromatic nitrogens is 1. The third-order valence-electron chi connectivity index (χ3n) is 2.75. The fourth-order valence-electron chi connectivity index (χ4n) is 1.86. The van der Waals surface area contributed by atoms with Crippen molar-refractivity contribution in [1.82, 2.24) is 4.98 Å². The Labute approximate surface area is 118 Å². The molecule has 0 atom stereocenters. The molecule has 1 heterocycles. The van der Waals surface area contributed by atoms with Gasteiger partial charge in [-0.1, -0.05) is 0 Å². The molecule has 4 heteroatoms. The first-order chi connectivity index (χ1) is 9.76. The maximum absolute atomic E-state index is 12.3. The first kappa shape index (κ1) is 14.1. The predicted molar refractivity (Wildman–Crippen MR) is 76.4 cm³/mol. The minimum Gasteiger partial charge on any atom is -0.490 e. The van der Waals surface area contributed by atoms with Crippen LogP contribution in [0, 0.1) is 0 Å². The van der Waals surface area contributed by atoms with Crippen LogP contribution in [-0.4, -0.2) is 24.0 Å². The standard InChI is InChI=1S/C16H17NO3/c1-3-19-14-6-5-13(11-15(14)20-4-2)16(18)12-7-9-17-10-8-12/h5-11H,3-4H2,1-2H3. The van der Waals surface area contributed by atoms with Crippen molar-refractivity contribution in [2.75, 3.05) is 13.2 Å². The Morgan fingerprint density at radius 1 is 0.950 bits per heavy atom. The molecule has 0 bridgehead atoms. The van der Waals surface area contributed by atoms with Crippen LogP contribution in [0.15, 0.2) is 42.7 Å². The average molecular weight is 271 g/mol. The Morgan fingerprint density at radius 3 is 2.25 bits per heavy atom. The van der Waals surface area contributed by atoms with Crippen LogP contribution in [0.5, 0.6) is 11.5 Å². The molecule has 0 saturated carbocycles. The molecular formula is C16H17NO3. The van der Waals surface area contributed by atoms with E-state index in [1.165, 1.54) is 0 Å². The van der Waals surface area contributed by atoms with E-state index in [9.17, 15) is 4.79 Å². The van der Waals surface area contributed by atoms with Crippen molar-refractivity contribution < 1.29 is 14.3 Å². The van der Waals surface area contributed by atoms with Gasteiger partial charge in [-0.15, -0.1) is 0 Å². The highest BCUT2D eigenvalue weighted by Crippen LogP contribution is 2.29. The van der Waals surface area contributed by atoms with Gasteiger partial charge in [0.05, 0.1) is 13.2 Å². The number of ether oxygens (including phenoxy) is 2. The molecule has 0 aliphatic rings. The number of hydrogen-bond acceptors (Lipinski definition) is 4. The zero-order valence-corrected chi connectivity index (χ0v) is 11.6. The van der Waals surface area contributed by atoms with Crippen LogP contribution in [-0.2, 0) is 0 Å². The summed E-state index contributed by atoms with van der Waals surface area (Å²) in [5.74, 6) is 1.19. The second-order valence-electron chi connectivity index (χ2n) is 4.09. The zero-order chi connectivity index (χ0) is 14.4. The van der Waals surface area contributed by atoms with Crippen LogP contribution in [0.25, 0.3) is 0 Å². The summed E-state index contributed by atoms with van der Waals surface area (Å²) in [6.45, 7) is 4.88. The van der Waals surface area contributed by atoms with Gasteiger partial charge in [0.25, 0.3) is 0 Å². The minimum absolute atomic E-state index is 0.0589. The van der Waals surface area contributed by atoms with E-state index in [0.29, 0.717) is 35.8 Å². The van der Waals surface area contributed by atoms with Gasteiger partial charge in [0.1, 0.15) is 0 Å². The van der Waals surface area contributed by atoms with Crippen LogP contribution in [0.3, 0.4) is 0 Å². The highest BCUT2D eigenvalue weighted by atomic mass is 16.5. The van der Waals surface area contributed by atoms with Crippen molar-refractivity contribution in [3.05, 3.63) is 53.9 Å². The molecule has 0 aliphatic carbocycles. The molecule has 0 amide bonds. The molecule has 4 nitrogen and oxygen atoms in total. The van der Waals surface area contributed by atoms with Gasteiger partial charge in [0.2, 0.25) is 0 Å². The number of ketones is 1. The molecule has 2 rings (SSSR count). The van der Waals surface area contributed by atoms with Gasteiger partial charge in [0, 0.05) is 23.5 Å². The Hall–Kier alpha value is -2.36. The highest BCUT2D eigenvalue weighted by molar-refractivity contribution is 6.09. The molecule has 0 saturated heterocycles. The number of rotatable bonds is 6. The summed E-state index contributed by atoms with van der Waals surface area (Å²) >= 11 is 0. The number of benzene rings is 1. The lowest BCUT2D eigenvalue weighted by atomic mass is 10.0. The van der Waals surface area contributed by atoms with E-state index in [4.69, 9.17) is 9.47 Å². The van der Waals surface area contributed by atoms with E-state index in [2.05, 4.69) is 4.98 Å². The molecule has 0 unspecified atom stereocenters. The quantitative estimate of drug-likeness (QED) is 0.757. The van der Waals surface area contributed by atoms with Crippen molar-refractivity contribution in [3.8, 4) is 11.5 Å². The number of hydrogen-bond donors (Lipinski definition) is 0. The normalized spacial score (nSPS) is 10.1. The first-order valence-electron chi connectivity index (χ1n) is 6.60. The topological polar surface area (TPSA) is 48.4 Å². The Bertz CT molecular complexity index is 582. The van der Waals surface area contributed by atoms with Gasteiger partial charge in [-0.2, -0.15) is 0 Å². The Balaban J connectivity index is 2.33. The molecule has 0 N–H and O–H groups in total. The van der Waals surface area contributed by atoms with Gasteiger partial charge >= 0.3 is 0 Å². The molecule has 1 aromatic heterocycles. The largest absolute Gasteiger partial charge is 0.490 e. The molecule has 2 aromatic rings. The Morgan fingerprint density at radius 2 is 1.60 bits per heavy atom. The summed E-state index contributed by atoms with van der Waals surface area (Å²) in [5.41, 5.74) is 1.18. The van der Waals surface area contributed by atoms with E-state index in [1.54, 1.807) is 42.7 Å². The molecule has 0 fully saturated rings. The van der Waals surface area contributed by atoms with Crippen molar-refractivity contribution in [2.45, 2.75) is 13.8 Å². The summed E-state index contributed by atoms with van der Waals surface area (Å²) < 4.78 is 11.0. The molecular weight excluding hydrogens is 254 g/mol. The van der Waals surface area contributed by atoms with Crippen LogP contribution in [0.4, 0.5) is 0 Å². The fraction of sp³-hybridized carbons (Fsp3) is 0.250. The first-order valence-corrected chi connectivity index (χ1v) is 6.60. The number of pyridine rings is 1. The summed E-state index contributed by atoms with van der Waals surface area (Å²) in [6.07, 6.45) is 3.20. The average Bonchev–Trinajstić information content (AvgIpc) is 2.50. The monoisotopic (exact) mass is 271 g/mol. The lowest BCUT2D eigenvalue weighted by Gasteiger charge is -2.12. The summed E-state index contributed by atoms with van der Waals surface area (Å²) in [7, 11) is 0. The summed E-state index contributed by atoms with van der Waals surface area (Å²) in [4.78, 5) is 16.3. The van der Waals surface area contributed by atoms with Crippen molar-refractivity contribution >= 4 is 5.78 Å². The summed E-state index contributed by atoms with van der Waals surface area (Å²) in [6, 6.07) is 8.62. The second kappa shape index (κ2) is 6.70. The lowest BCUT2D eigenvalue weighted by Crippen LogP contribution is -2.04. The molecule has 20 heavy (non-hydrogen) atoms. The smallest absolute Gasteiger partial charge is 0.193 e. The van der Waals surface area contributed by atoms with Crippen molar-refractivity contribution in [3.63, 3.8) is 0 Å². The summed E-state index contributed by atoms with van der Waals surface area (Å²) in [5, 5.41) is 0. The van der Waals surface area contributed by atoms with E-state index in [0.717, 1.165) is 0 Å². The second-order valence-corrected chi connectivity index (χ2v) is 4.09. The van der Waals surface area contributed by atoms with E-state index in [-0.39, 0.29) is 5.78 Å². The van der Waals surface area contributed by atoms with Crippen LogP contribution in [0.2, 0.25) is 0 Å². The van der Waals surface area contributed by atoms with E-state index >= 15 is 0 Å². The van der Waals surface area contributed by atoms with Gasteiger partial charge in [-0.25, -0.2) is 0 Å². The fourth-order valence-corrected chi connectivity index (χ4v) is 1.86. The molecule has 0 spiro atoms. The Kier molecular flexibility index (Phi) is 4.71. The van der Waals surface area contributed by atoms with E-state index < -0.39 is 0 Å². The van der Waals surface area contributed by atoms with Crippen LogP contribution < -0.4 is 9.47 Å². The third kappa shape index (κ3) is 3.15. The van der Waals surface area contributed by atoms with Crippen molar-refractivity contribution in [2.24, 2.45) is 0 Å². The zero-order valence-electron chi connectivity index (χ0n) is 11.6. The van der Waals surface area contributed by atoms with Gasteiger partial charge in [-0.3, -0.25) is 9.78 Å². The number of nitrogens with zero attached hydrogens (tertiary/aromatic N) is 1. The third-order valence-corrected chi connectivity index (χ3v) is 2.75. The van der Waals surface area contributed by atoms with Gasteiger partial charge in [-0.05, 0) is 44.2 Å². The van der Waals surface area contributed by atoms with Crippen molar-refractivity contribution in [1.29, 1.82) is 0 Å². The van der Waals surface area contributed by atoms with Gasteiger partial charge in [0.15, 0.2) is 17.3 Å². The van der Waals surface area contributed by atoms with Crippen LogP contribution in [0.1, 0.15) is 29.8 Å². The molecule has 104 valence electrons. The minimum atomic E-state index is -0.0589. The van der Waals surface area contributed by atoms with Crippen LogP contribution >= 0.6 is 0 Å². The maximum Gasteiger partial charge on any atom is 0.193 e. The van der Waals surface area contributed by atoms with E-state index in [1.807, 2.05) is 13.8 Å². The molecule has 1 aromatic carbocycles. The molecule has 0 aliphatic heterocycles. The SMILES string of the molecule is CCOc1ccc(C(=O)c2ccncc2)cc1OCC. The number of carbonyl (C=O) groups is 1.